The van der Waals surface area contributed by atoms with Gasteiger partial charge in [0.15, 0.2) is 11.5 Å². The van der Waals surface area contributed by atoms with Crippen LogP contribution in [0.5, 0.6) is 11.5 Å². The van der Waals surface area contributed by atoms with Gasteiger partial charge in [0.2, 0.25) is 12.7 Å². The summed E-state index contributed by atoms with van der Waals surface area (Å²) in [6.07, 6.45) is 0.467. The van der Waals surface area contributed by atoms with Gasteiger partial charge in [0.05, 0.1) is 0 Å². The molecule has 0 fully saturated rings. The van der Waals surface area contributed by atoms with E-state index in [0.717, 1.165) is 11.4 Å². The highest BCUT2D eigenvalue weighted by Crippen LogP contribution is 2.34. The van der Waals surface area contributed by atoms with Crippen LogP contribution in [0.2, 0.25) is 0 Å². The Morgan fingerprint density at radius 2 is 2.21 bits per heavy atom. The van der Waals surface area contributed by atoms with Crippen molar-refractivity contribution in [3.05, 3.63) is 18.2 Å². The van der Waals surface area contributed by atoms with Gasteiger partial charge in [-0.25, -0.2) is 0 Å². The summed E-state index contributed by atoms with van der Waals surface area (Å²) in [4.78, 5) is 11.1. The molecule has 0 unspecified atom stereocenters. The van der Waals surface area contributed by atoms with E-state index in [4.69, 9.17) is 9.47 Å². The summed E-state index contributed by atoms with van der Waals surface area (Å²) >= 11 is 0. The lowest BCUT2D eigenvalue weighted by atomic mass is 10.2. The first-order valence-corrected chi connectivity index (χ1v) is 4.49. The normalized spacial score (nSPS) is 12.6. The van der Waals surface area contributed by atoms with Crippen molar-refractivity contribution in [3.8, 4) is 11.5 Å². The van der Waals surface area contributed by atoms with Crippen molar-refractivity contribution in [2.45, 2.75) is 13.3 Å². The number of benzene rings is 1. The molecule has 1 aromatic carbocycles. The molecule has 0 bridgehead atoms. The molecule has 0 aliphatic carbocycles. The van der Waals surface area contributed by atoms with Crippen molar-refractivity contribution >= 4 is 11.6 Å². The van der Waals surface area contributed by atoms with Crippen molar-refractivity contribution < 1.29 is 14.3 Å². The molecule has 0 radical (unpaired) electrons. The molecule has 1 heterocycles. The molecule has 0 spiro atoms. The standard InChI is InChI=1S/C10H11NO3/c1-2-10(12)11-7-3-4-8-9(5-7)14-6-13-8/h3-5H,2,6H2,1H3,(H,11,12). The Bertz CT molecular complexity index is 362. The fourth-order valence-electron chi connectivity index (χ4n) is 1.22. The number of anilines is 1. The molecule has 0 saturated heterocycles. The van der Waals surface area contributed by atoms with Crippen molar-refractivity contribution in [3.63, 3.8) is 0 Å². The molecule has 1 aromatic rings. The highest BCUT2D eigenvalue weighted by Gasteiger charge is 2.13. The first-order valence-electron chi connectivity index (χ1n) is 4.49. The fourth-order valence-corrected chi connectivity index (χ4v) is 1.22. The molecule has 14 heavy (non-hydrogen) atoms. The van der Waals surface area contributed by atoms with Crippen LogP contribution in [-0.4, -0.2) is 12.7 Å². The van der Waals surface area contributed by atoms with Gasteiger partial charge in [-0.2, -0.15) is 0 Å². The number of hydrogen-bond acceptors (Lipinski definition) is 3. The predicted molar refractivity (Wildman–Crippen MR) is 51.5 cm³/mol. The van der Waals surface area contributed by atoms with Crippen LogP contribution < -0.4 is 14.8 Å². The van der Waals surface area contributed by atoms with Gasteiger partial charge in [-0.1, -0.05) is 6.92 Å². The molecule has 4 nitrogen and oxygen atoms in total. The summed E-state index contributed by atoms with van der Waals surface area (Å²) in [5, 5.41) is 2.75. The van der Waals surface area contributed by atoms with E-state index in [9.17, 15) is 4.79 Å². The maximum atomic E-state index is 11.1. The van der Waals surface area contributed by atoms with Crippen LogP contribution in [0.4, 0.5) is 5.69 Å². The lowest BCUT2D eigenvalue weighted by molar-refractivity contribution is -0.115. The second-order valence-corrected chi connectivity index (χ2v) is 2.97. The molecule has 1 aliphatic heterocycles. The molecule has 1 amide bonds. The Kier molecular flexibility index (Phi) is 2.26. The van der Waals surface area contributed by atoms with E-state index in [1.165, 1.54) is 0 Å². The maximum absolute atomic E-state index is 11.1. The quantitative estimate of drug-likeness (QED) is 0.778. The zero-order valence-corrected chi connectivity index (χ0v) is 7.87. The lowest BCUT2D eigenvalue weighted by Crippen LogP contribution is -2.09. The summed E-state index contributed by atoms with van der Waals surface area (Å²) in [7, 11) is 0. The second-order valence-electron chi connectivity index (χ2n) is 2.97. The largest absolute Gasteiger partial charge is 0.454 e. The van der Waals surface area contributed by atoms with Gasteiger partial charge in [0.25, 0.3) is 0 Å². The fraction of sp³-hybridized carbons (Fsp3) is 0.300. The van der Waals surface area contributed by atoms with E-state index < -0.39 is 0 Å². The topological polar surface area (TPSA) is 47.6 Å². The van der Waals surface area contributed by atoms with Crippen molar-refractivity contribution in [1.82, 2.24) is 0 Å². The van der Waals surface area contributed by atoms with Gasteiger partial charge >= 0.3 is 0 Å². The number of amides is 1. The van der Waals surface area contributed by atoms with E-state index in [1.54, 1.807) is 18.2 Å². The molecule has 74 valence electrons. The Morgan fingerprint density at radius 1 is 1.43 bits per heavy atom. The maximum Gasteiger partial charge on any atom is 0.231 e. The minimum atomic E-state index is -0.0103. The molecule has 0 atom stereocenters. The minimum absolute atomic E-state index is 0.0103. The third kappa shape index (κ3) is 1.64. The molecule has 1 N–H and O–H groups in total. The highest BCUT2D eigenvalue weighted by molar-refractivity contribution is 5.90. The summed E-state index contributed by atoms with van der Waals surface area (Å²) in [6, 6.07) is 5.34. The molecule has 4 heteroatoms. The Labute approximate surface area is 81.8 Å². The first kappa shape index (κ1) is 8.87. The number of carbonyl (C=O) groups excluding carboxylic acids is 1. The highest BCUT2D eigenvalue weighted by atomic mass is 16.7. The Balaban J connectivity index is 2.16. The smallest absolute Gasteiger partial charge is 0.231 e. The number of nitrogens with one attached hydrogen (secondary N) is 1. The van der Waals surface area contributed by atoms with E-state index >= 15 is 0 Å². The summed E-state index contributed by atoms with van der Waals surface area (Å²) in [5.41, 5.74) is 0.737. The first-order chi connectivity index (χ1) is 6.79. The molecular formula is C10H11NO3. The summed E-state index contributed by atoms with van der Waals surface area (Å²) in [6.45, 7) is 2.06. The molecule has 0 saturated carbocycles. The minimum Gasteiger partial charge on any atom is -0.454 e. The van der Waals surface area contributed by atoms with E-state index in [1.807, 2.05) is 6.92 Å². The predicted octanol–water partition coefficient (Wildman–Crippen LogP) is 1.76. The van der Waals surface area contributed by atoms with Gasteiger partial charge in [0.1, 0.15) is 0 Å². The Morgan fingerprint density at radius 3 is 3.00 bits per heavy atom. The average molecular weight is 193 g/mol. The van der Waals surface area contributed by atoms with Crippen LogP contribution in [0.3, 0.4) is 0 Å². The summed E-state index contributed by atoms with van der Waals surface area (Å²) in [5.74, 6) is 1.39. The third-order valence-corrected chi connectivity index (χ3v) is 1.98. The summed E-state index contributed by atoms with van der Waals surface area (Å²) < 4.78 is 10.3. The van der Waals surface area contributed by atoms with Gasteiger partial charge in [-0.05, 0) is 12.1 Å². The van der Waals surface area contributed by atoms with Crippen LogP contribution in [0.25, 0.3) is 0 Å². The second kappa shape index (κ2) is 3.57. The molecule has 1 aliphatic rings. The molecule has 2 rings (SSSR count). The van der Waals surface area contributed by atoms with Crippen molar-refractivity contribution in [2.75, 3.05) is 12.1 Å². The number of hydrogen-bond donors (Lipinski definition) is 1. The average Bonchev–Trinajstić information content (AvgIpc) is 2.64. The number of carbonyl (C=O) groups is 1. The van der Waals surface area contributed by atoms with E-state index in [2.05, 4.69) is 5.32 Å². The monoisotopic (exact) mass is 193 g/mol. The zero-order valence-electron chi connectivity index (χ0n) is 7.87. The van der Waals surface area contributed by atoms with Crippen LogP contribution in [0, 0.1) is 0 Å². The zero-order chi connectivity index (χ0) is 9.97. The van der Waals surface area contributed by atoms with Crippen LogP contribution in [0.1, 0.15) is 13.3 Å². The van der Waals surface area contributed by atoms with Gasteiger partial charge < -0.3 is 14.8 Å². The molecule has 0 aromatic heterocycles. The number of ether oxygens (including phenoxy) is 2. The van der Waals surface area contributed by atoms with Gasteiger partial charge in [0, 0.05) is 18.2 Å². The van der Waals surface area contributed by atoms with E-state index in [-0.39, 0.29) is 12.7 Å². The van der Waals surface area contributed by atoms with Crippen LogP contribution in [-0.2, 0) is 4.79 Å². The van der Waals surface area contributed by atoms with Crippen LogP contribution in [0.15, 0.2) is 18.2 Å². The SMILES string of the molecule is CCC(=O)Nc1ccc2c(c1)OCO2. The van der Waals surface area contributed by atoms with Gasteiger partial charge in [-0.3, -0.25) is 4.79 Å². The number of fused-ring (bicyclic) bond motifs is 1. The van der Waals surface area contributed by atoms with Crippen LogP contribution >= 0.6 is 0 Å². The number of rotatable bonds is 2. The third-order valence-electron chi connectivity index (χ3n) is 1.98. The lowest BCUT2D eigenvalue weighted by Gasteiger charge is -2.03. The Hall–Kier alpha value is -1.71. The molecular weight excluding hydrogens is 182 g/mol. The van der Waals surface area contributed by atoms with Gasteiger partial charge in [-0.15, -0.1) is 0 Å². The van der Waals surface area contributed by atoms with Crippen molar-refractivity contribution in [1.29, 1.82) is 0 Å². The van der Waals surface area contributed by atoms with E-state index in [0.29, 0.717) is 12.2 Å². The van der Waals surface area contributed by atoms with Crippen molar-refractivity contribution in [2.24, 2.45) is 0 Å².